The van der Waals surface area contributed by atoms with Crippen molar-refractivity contribution in [1.82, 2.24) is 0 Å². The van der Waals surface area contributed by atoms with E-state index in [0.29, 0.717) is 0 Å². The summed E-state index contributed by atoms with van der Waals surface area (Å²) in [4.78, 5) is 1.37. The van der Waals surface area contributed by atoms with Gasteiger partial charge in [0, 0.05) is 44.0 Å². The Kier molecular flexibility index (Phi) is 10.6. The fourth-order valence-corrected chi connectivity index (χ4v) is 12.8. The van der Waals surface area contributed by atoms with Crippen molar-refractivity contribution in [2.45, 2.75) is 129 Å². The molecule has 10 rings (SSSR count). The van der Waals surface area contributed by atoms with Crippen molar-refractivity contribution < 1.29 is 0 Å². The summed E-state index contributed by atoms with van der Waals surface area (Å²) in [5.74, 6) is 0.258. The van der Waals surface area contributed by atoms with E-state index < -0.39 is 0 Å². The lowest BCUT2D eigenvalue weighted by Crippen LogP contribution is -2.34. The molecular formula is C62H65NS. The van der Waals surface area contributed by atoms with E-state index in [1.54, 1.807) is 0 Å². The molecule has 0 saturated heterocycles. The van der Waals surface area contributed by atoms with Crippen LogP contribution in [0.15, 0.2) is 160 Å². The van der Waals surface area contributed by atoms with Crippen LogP contribution in [0.25, 0.3) is 27.8 Å². The highest BCUT2D eigenvalue weighted by molar-refractivity contribution is 8.00. The van der Waals surface area contributed by atoms with Crippen molar-refractivity contribution in [3.63, 3.8) is 0 Å². The molecule has 0 radical (unpaired) electrons. The van der Waals surface area contributed by atoms with Gasteiger partial charge in [-0.15, -0.1) is 11.8 Å². The zero-order chi connectivity index (χ0) is 44.8. The first-order chi connectivity index (χ1) is 30.6. The number of hydrogen-bond acceptors (Lipinski definition) is 2. The van der Waals surface area contributed by atoms with Crippen LogP contribution >= 0.6 is 11.8 Å². The van der Waals surface area contributed by atoms with E-state index in [9.17, 15) is 0 Å². The molecule has 0 bridgehead atoms. The predicted molar refractivity (Wildman–Crippen MR) is 278 cm³/mol. The zero-order valence-electron chi connectivity index (χ0n) is 39.9. The van der Waals surface area contributed by atoms with E-state index in [1.165, 1.54) is 140 Å². The van der Waals surface area contributed by atoms with E-state index in [2.05, 4.69) is 184 Å². The lowest BCUT2D eigenvalue weighted by atomic mass is 9.62. The van der Waals surface area contributed by atoms with Gasteiger partial charge in [0.05, 0.1) is 5.70 Å². The SMILES string of the molecule is C=C1C2=C(/C(=C\C3=C(C)CCC=C3)c3c4c(cc(C)c3SC(C)/C=C\C=C(/C)c3ccccc3C)-c3ccccc3C4)Nc3cc4c(cc3C3=C2C(=CC3)C1C)C(C)(C)CCC4(C)C. The number of aryl methyl sites for hydroxylation is 2. The number of benzene rings is 4. The van der Waals surface area contributed by atoms with Crippen molar-refractivity contribution in [2.75, 3.05) is 5.32 Å². The first kappa shape index (κ1) is 42.6. The van der Waals surface area contributed by atoms with Gasteiger partial charge < -0.3 is 5.32 Å². The highest BCUT2D eigenvalue weighted by Crippen LogP contribution is 2.59. The van der Waals surface area contributed by atoms with Crippen LogP contribution in [-0.4, -0.2) is 5.25 Å². The highest BCUT2D eigenvalue weighted by Gasteiger charge is 2.43. The summed E-state index contributed by atoms with van der Waals surface area (Å²) in [5.41, 5.74) is 30.2. The zero-order valence-corrected chi connectivity index (χ0v) is 40.7. The molecule has 2 atom stereocenters. The molecule has 1 saturated carbocycles. The molecule has 1 aliphatic heterocycles. The molecule has 0 spiro atoms. The first-order valence-corrected chi connectivity index (χ1v) is 24.8. The fourth-order valence-electron chi connectivity index (χ4n) is 11.6. The van der Waals surface area contributed by atoms with Crippen LogP contribution < -0.4 is 5.32 Å². The minimum absolute atomic E-state index is 0.0871. The van der Waals surface area contributed by atoms with Crippen LogP contribution in [0.1, 0.15) is 138 Å². The second-order valence-corrected chi connectivity index (χ2v) is 22.3. The molecule has 324 valence electrons. The Labute approximate surface area is 388 Å². The number of hydrogen-bond donors (Lipinski definition) is 1. The van der Waals surface area contributed by atoms with Gasteiger partial charge >= 0.3 is 0 Å². The number of thioether (sulfide) groups is 1. The number of rotatable bonds is 8. The van der Waals surface area contributed by atoms with Gasteiger partial charge in [-0.3, -0.25) is 0 Å². The monoisotopic (exact) mass is 855 g/mol. The first-order valence-electron chi connectivity index (χ1n) is 23.9. The molecule has 4 aromatic carbocycles. The summed E-state index contributed by atoms with van der Waals surface area (Å²) >= 11 is 2.01. The lowest BCUT2D eigenvalue weighted by Gasteiger charge is -2.42. The van der Waals surface area contributed by atoms with Crippen LogP contribution in [0.5, 0.6) is 0 Å². The molecule has 4 aromatic rings. The third-order valence-electron chi connectivity index (χ3n) is 15.7. The molecule has 1 N–H and O–H groups in total. The predicted octanol–water partition coefficient (Wildman–Crippen LogP) is 17.1. The Morgan fingerprint density at radius 1 is 0.875 bits per heavy atom. The van der Waals surface area contributed by atoms with E-state index in [0.717, 1.165) is 25.7 Å². The molecular weight excluding hydrogens is 791 g/mol. The second-order valence-electron chi connectivity index (χ2n) is 20.9. The minimum Gasteiger partial charge on any atom is -0.354 e. The average Bonchev–Trinajstić information content (AvgIpc) is 3.90. The topological polar surface area (TPSA) is 12.0 Å². The summed E-state index contributed by atoms with van der Waals surface area (Å²) < 4.78 is 0. The van der Waals surface area contributed by atoms with Gasteiger partial charge in [-0.1, -0.05) is 132 Å². The lowest BCUT2D eigenvalue weighted by molar-refractivity contribution is 0.332. The van der Waals surface area contributed by atoms with Crippen molar-refractivity contribution in [1.29, 1.82) is 0 Å². The summed E-state index contributed by atoms with van der Waals surface area (Å²) in [7, 11) is 0. The van der Waals surface area contributed by atoms with Crippen LogP contribution in [0, 0.1) is 19.8 Å². The average molecular weight is 856 g/mol. The molecule has 2 heteroatoms. The third kappa shape index (κ3) is 7.07. The smallest absolute Gasteiger partial charge is 0.0547 e. The van der Waals surface area contributed by atoms with Gasteiger partial charge in [-0.05, 0) is 192 Å². The van der Waals surface area contributed by atoms with E-state index in [1.807, 2.05) is 11.8 Å². The molecule has 64 heavy (non-hydrogen) atoms. The Bertz CT molecular complexity index is 2960. The van der Waals surface area contributed by atoms with Gasteiger partial charge in [-0.2, -0.15) is 0 Å². The third-order valence-corrected chi connectivity index (χ3v) is 17.0. The maximum atomic E-state index is 4.98. The Morgan fingerprint density at radius 3 is 2.38 bits per heavy atom. The Hall–Kier alpha value is -5.31. The van der Waals surface area contributed by atoms with Crippen molar-refractivity contribution in [2.24, 2.45) is 5.92 Å². The molecule has 6 aliphatic rings. The van der Waals surface area contributed by atoms with Gasteiger partial charge in [-0.25, -0.2) is 0 Å². The Balaban J connectivity index is 1.22. The second kappa shape index (κ2) is 16.0. The van der Waals surface area contributed by atoms with Crippen molar-refractivity contribution in [3.8, 4) is 11.1 Å². The van der Waals surface area contributed by atoms with E-state index in [4.69, 9.17) is 6.58 Å². The number of anilines is 1. The molecule has 5 aliphatic carbocycles. The quantitative estimate of drug-likeness (QED) is 0.123. The fraction of sp³-hybridized carbons (Fsp3) is 0.323. The summed E-state index contributed by atoms with van der Waals surface area (Å²) in [6, 6.07) is 25.5. The Morgan fingerprint density at radius 2 is 1.61 bits per heavy atom. The van der Waals surface area contributed by atoms with E-state index >= 15 is 0 Å². The number of nitrogens with one attached hydrogen (secondary N) is 1. The van der Waals surface area contributed by atoms with Crippen LogP contribution in [-0.2, 0) is 17.3 Å². The largest absolute Gasteiger partial charge is 0.354 e. The van der Waals surface area contributed by atoms with Crippen LogP contribution in [0.3, 0.4) is 0 Å². The van der Waals surface area contributed by atoms with Crippen LogP contribution in [0.2, 0.25) is 0 Å². The summed E-state index contributed by atoms with van der Waals surface area (Å²) in [6.07, 6.45) is 23.2. The van der Waals surface area contributed by atoms with Crippen molar-refractivity contribution >= 4 is 34.2 Å². The summed E-state index contributed by atoms with van der Waals surface area (Å²) in [6.45, 7) is 28.7. The molecule has 2 unspecified atom stereocenters. The van der Waals surface area contributed by atoms with Crippen LogP contribution in [0.4, 0.5) is 5.69 Å². The number of fused-ring (bicyclic) bond motifs is 6. The van der Waals surface area contributed by atoms with Gasteiger partial charge in [0.25, 0.3) is 0 Å². The molecule has 0 amide bonds. The molecule has 1 heterocycles. The standard InChI is InChI=1S/C62H65NS/c1-36-19-12-14-23-43(36)32-52(59-56-42(7)41(6)46-27-28-48(57(46)56)50-34-53-54(35-55(50)63-59)62(10,11)30-29-61(53,8)9)58-51-33-44-24-15-17-26-47(44)49(51)31-39(4)60(58)64-40(5)22-18-21-38(3)45-25-16-13-20-37(45)2/h13-18,20-27,31-32,34-35,40-41,63H,7,12,19,28-30,33H2,1-6,8-11H3/b22-18-,38-21+,52-32-. The maximum Gasteiger partial charge on any atom is 0.0547 e. The maximum absolute atomic E-state index is 4.98. The molecule has 1 nitrogen and oxygen atoms in total. The van der Waals surface area contributed by atoms with Gasteiger partial charge in [0.15, 0.2) is 0 Å². The van der Waals surface area contributed by atoms with Gasteiger partial charge in [0.1, 0.15) is 0 Å². The normalized spacial score (nSPS) is 21.1. The minimum atomic E-state index is 0.0871. The van der Waals surface area contributed by atoms with Gasteiger partial charge in [0.2, 0.25) is 0 Å². The number of allylic oxidation sites excluding steroid dienone is 15. The molecule has 1 fully saturated rings. The van der Waals surface area contributed by atoms with Crippen molar-refractivity contribution in [3.05, 3.63) is 205 Å². The molecule has 0 aromatic heterocycles. The van der Waals surface area contributed by atoms with E-state index in [-0.39, 0.29) is 22.0 Å². The highest BCUT2D eigenvalue weighted by atomic mass is 32.2. The summed E-state index contributed by atoms with van der Waals surface area (Å²) in [5, 5.41) is 4.60.